The van der Waals surface area contributed by atoms with Crippen molar-refractivity contribution in [1.29, 1.82) is 0 Å². The fourth-order valence-corrected chi connectivity index (χ4v) is 3.32. The van der Waals surface area contributed by atoms with Gasteiger partial charge in [0, 0.05) is 17.0 Å². The summed E-state index contributed by atoms with van der Waals surface area (Å²) in [6.45, 7) is 3.75. The number of nitrogens with zero attached hydrogens (tertiary/aromatic N) is 3. The molecule has 0 saturated heterocycles. The second kappa shape index (κ2) is 5.48. The summed E-state index contributed by atoms with van der Waals surface area (Å²) >= 11 is 1.56. The lowest BCUT2D eigenvalue weighted by atomic mass is 10.1. The smallest absolute Gasteiger partial charge is 0.199 e. The molecule has 4 rings (SSSR count). The van der Waals surface area contributed by atoms with E-state index in [0.29, 0.717) is 11.5 Å². The van der Waals surface area contributed by atoms with Crippen LogP contribution in [0.1, 0.15) is 11.5 Å². The van der Waals surface area contributed by atoms with Gasteiger partial charge in [-0.15, -0.1) is 11.3 Å². The summed E-state index contributed by atoms with van der Waals surface area (Å²) in [5.74, 6) is 1.32. The van der Waals surface area contributed by atoms with Gasteiger partial charge >= 0.3 is 0 Å². The van der Waals surface area contributed by atoms with Gasteiger partial charge in [0.05, 0.1) is 17.0 Å². The standard InChI is InChI=1S/C17H13N3O2S/c1-10-8-13(20-21-10)16-15(11(2)19-22-16)17-18-14(9-23-17)12-6-4-3-5-7-12/h3-9H,1-2H3. The fourth-order valence-electron chi connectivity index (χ4n) is 2.40. The maximum absolute atomic E-state index is 5.46. The largest absolute Gasteiger partial charge is 0.361 e. The molecule has 0 saturated carbocycles. The highest BCUT2D eigenvalue weighted by molar-refractivity contribution is 7.13. The van der Waals surface area contributed by atoms with Crippen LogP contribution in [0.25, 0.3) is 33.3 Å². The molecule has 0 aliphatic rings. The van der Waals surface area contributed by atoms with E-state index in [2.05, 4.69) is 10.3 Å². The van der Waals surface area contributed by atoms with Crippen LogP contribution in [-0.2, 0) is 0 Å². The van der Waals surface area contributed by atoms with Crippen molar-refractivity contribution in [2.45, 2.75) is 13.8 Å². The van der Waals surface area contributed by atoms with Crippen LogP contribution >= 0.6 is 11.3 Å². The minimum Gasteiger partial charge on any atom is -0.361 e. The van der Waals surface area contributed by atoms with Crippen LogP contribution in [0, 0.1) is 13.8 Å². The summed E-state index contributed by atoms with van der Waals surface area (Å²) < 4.78 is 10.6. The van der Waals surface area contributed by atoms with Gasteiger partial charge in [-0.3, -0.25) is 0 Å². The number of aryl methyl sites for hydroxylation is 2. The molecule has 114 valence electrons. The van der Waals surface area contributed by atoms with E-state index >= 15 is 0 Å². The molecule has 0 radical (unpaired) electrons. The average molecular weight is 323 g/mol. The summed E-state index contributed by atoms with van der Waals surface area (Å²) in [5.41, 5.74) is 4.31. The maximum Gasteiger partial charge on any atom is 0.199 e. The van der Waals surface area contributed by atoms with Crippen molar-refractivity contribution in [2.24, 2.45) is 0 Å². The van der Waals surface area contributed by atoms with Crippen molar-refractivity contribution in [1.82, 2.24) is 15.3 Å². The van der Waals surface area contributed by atoms with E-state index in [1.54, 1.807) is 11.3 Å². The van der Waals surface area contributed by atoms with Gasteiger partial charge in [0.2, 0.25) is 0 Å². The zero-order valence-corrected chi connectivity index (χ0v) is 13.4. The Labute approximate surface area is 136 Å². The molecule has 23 heavy (non-hydrogen) atoms. The highest BCUT2D eigenvalue weighted by atomic mass is 32.1. The van der Waals surface area contributed by atoms with Gasteiger partial charge in [-0.25, -0.2) is 4.98 Å². The molecule has 0 N–H and O–H groups in total. The number of aromatic nitrogens is 3. The Morgan fingerprint density at radius 3 is 2.52 bits per heavy atom. The van der Waals surface area contributed by atoms with E-state index in [4.69, 9.17) is 14.0 Å². The van der Waals surface area contributed by atoms with Crippen LogP contribution in [0.5, 0.6) is 0 Å². The first-order chi connectivity index (χ1) is 11.2. The third-order valence-electron chi connectivity index (χ3n) is 3.51. The third-order valence-corrected chi connectivity index (χ3v) is 4.37. The molecule has 0 amide bonds. The highest BCUT2D eigenvalue weighted by Gasteiger charge is 2.22. The number of benzene rings is 1. The van der Waals surface area contributed by atoms with Gasteiger partial charge in [-0.2, -0.15) is 0 Å². The summed E-state index contributed by atoms with van der Waals surface area (Å²) in [6.07, 6.45) is 0. The van der Waals surface area contributed by atoms with Crippen LogP contribution < -0.4 is 0 Å². The molecule has 0 aliphatic carbocycles. The molecule has 0 unspecified atom stereocenters. The van der Waals surface area contributed by atoms with Gasteiger partial charge in [0.25, 0.3) is 0 Å². The van der Waals surface area contributed by atoms with E-state index in [1.807, 2.05) is 55.6 Å². The fraction of sp³-hybridized carbons (Fsp3) is 0.118. The van der Waals surface area contributed by atoms with E-state index in [1.165, 1.54) is 0 Å². The predicted molar refractivity (Wildman–Crippen MR) is 88.0 cm³/mol. The lowest BCUT2D eigenvalue weighted by Gasteiger charge is -1.96. The summed E-state index contributed by atoms with van der Waals surface area (Å²) in [4.78, 5) is 4.74. The molecule has 0 fully saturated rings. The summed E-state index contributed by atoms with van der Waals surface area (Å²) in [7, 11) is 0. The van der Waals surface area contributed by atoms with Crippen molar-refractivity contribution < 1.29 is 9.05 Å². The first kappa shape index (κ1) is 13.9. The Morgan fingerprint density at radius 2 is 1.78 bits per heavy atom. The first-order valence-electron chi connectivity index (χ1n) is 7.13. The van der Waals surface area contributed by atoms with Crippen molar-refractivity contribution >= 4 is 11.3 Å². The minimum absolute atomic E-state index is 0.591. The highest BCUT2D eigenvalue weighted by Crippen LogP contribution is 2.37. The average Bonchev–Trinajstić information content (AvgIpc) is 3.27. The normalized spacial score (nSPS) is 11.0. The van der Waals surface area contributed by atoms with Crippen LogP contribution in [0.15, 0.2) is 50.8 Å². The second-order valence-corrected chi connectivity index (χ2v) is 6.06. The molecular formula is C17H13N3O2S. The molecule has 5 nitrogen and oxygen atoms in total. The predicted octanol–water partition coefficient (Wildman–Crippen LogP) is 4.74. The summed E-state index contributed by atoms with van der Waals surface area (Å²) in [5, 5.41) is 11.0. The third kappa shape index (κ3) is 2.47. The van der Waals surface area contributed by atoms with E-state index in [-0.39, 0.29) is 0 Å². The van der Waals surface area contributed by atoms with E-state index < -0.39 is 0 Å². The van der Waals surface area contributed by atoms with Gasteiger partial charge < -0.3 is 9.05 Å². The molecule has 3 heterocycles. The Morgan fingerprint density at radius 1 is 0.957 bits per heavy atom. The van der Waals surface area contributed by atoms with Gasteiger partial charge in [0.15, 0.2) is 11.5 Å². The van der Waals surface area contributed by atoms with Crippen molar-refractivity contribution in [3.8, 4) is 33.3 Å². The Hall–Kier alpha value is -2.73. The monoisotopic (exact) mass is 323 g/mol. The number of hydrogen-bond acceptors (Lipinski definition) is 6. The van der Waals surface area contributed by atoms with Crippen molar-refractivity contribution in [3.05, 3.63) is 53.2 Å². The Kier molecular flexibility index (Phi) is 3.31. The lowest BCUT2D eigenvalue weighted by Crippen LogP contribution is -1.83. The molecule has 4 aromatic rings. The number of thiazole rings is 1. The van der Waals surface area contributed by atoms with Crippen molar-refractivity contribution in [3.63, 3.8) is 0 Å². The zero-order chi connectivity index (χ0) is 15.8. The van der Waals surface area contributed by atoms with Crippen LogP contribution in [-0.4, -0.2) is 15.3 Å². The minimum atomic E-state index is 0.591. The van der Waals surface area contributed by atoms with Gasteiger partial charge in [-0.1, -0.05) is 40.6 Å². The molecule has 0 spiro atoms. The maximum atomic E-state index is 5.46. The first-order valence-corrected chi connectivity index (χ1v) is 8.01. The molecule has 3 aromatic heterocycles. The molecule has 1 aromatic carbocycles. The molecular weight excluding hydrogens is 310 g/mol. The molecule has 6 heteroatoms. The van der Waals surface area contributed by atoms with E-state index in [9.17, 15) is 0 Å². The Balaban J connectivity index is 1.80. The number of rotatable bonds is 3. The summed E-state index contributed by atoms with van der Waals surface area (Å²) in [6, 6.07) is 11.9. The van der Waals surface area contributed by atoms with Crippen LogP contribution in [0.4, 0.5) is 0 Å². The van der Waals surface area contributed by atoms with Crippen LogP contribution in [0.2, 0.25) is 0 Å². The quantitative estimate of drug-likeness (QED) is 0.545. The molecule has 0 atom stereocenters. The van der Waals surface area contributed by atoms with Gasteiger partial charge in [-0.05, 0) is 13.8 Å². The topological polar surface area (TPSA) is 65.0 Å². The zero-order valence-electron chi connectivity index (χ0n) is 12.6. The SMILES string of the molecule is Cc1cc(-c2onc(C)c2-c2nc(-c3ccccc3)cs2)no1. The molecule has 0 aliphatic heterocycles. The number of hydrogen-bond donors (Lipinski definition) is 0. The van der Waals surface area contributed by atoms with Crippen LogP contribution in [0.3, 0.4) is 0 Å². The van der Waals surface area contributed by atoms with E-state index in [0.717, 1.165) is 33.3 Å². The Bertz CT molecular complexity index is 953. The lowest BCUT2D eigenvalue weighted by molar-refractivity contribution is 0.390. The molecule has 0 bridgehead atoms. The van der Waals surface area contributed by atoms with Crippen molar-refractivity contribution in [2.75, 3.05) is 0 Å². The van der Waals surface area contributed by atoms with Gasteiger partial charge in [0.1, 0.15) is 10.8 Å². The second-order valence-electron chi connectivity index (χ2n) is 5.20.